The first-order chi connectivity index (χ1) is 18.8. The minimum absolute atomic E-state index is 0.0341. The third-order valence-corrected chi connectivity index (χ3v) is 6.12. The smallest absolute Gasteiger partial charge is 0.247 e. The number of hydrogen-bond donors (Lipinski definition) is 4. The molecule has 3 rings (SSSR count). The topological polar surface area (TPSA) is 128 Å². The number of ether oxygens (including phenoxy) is 1. The fraction of sp³-hybridized carbons (Fsp3) is 0.333. The summed E-state index contributed by atoms with van der Waals surface area (Å²) < 4.78 is 20.4. The van der Waals surface area contributed by atoms with Gasteiger partial charge in [0.25, 0.3) is 0 Å². The zero-order valence-electron chi connectivity index (χ0n) is 23.3. The van der Waals surface area contributed by atoms with Crippen molar-refractivity contribution in [2.45, 2.75) is 19.4 Å². The molecule has 1 heterocycles. The summed E-state index contributed by atoms with van der Waals surface area (Å²) >= 11 is 5.94. The lowest BCUT2D eigenvalue weighted by molar-refractivity contribution is -0.111. The van der Waals surface area contributed by atoms with E-state index >= 15 is 0 Å². The quantitative estimate of drug-likeness (QED) is 0.230. The molecule has 1 aromatic heterocycles. The van der Waals surface area contributed by atoms with E-state index in [1.807, 2.05) is 26.0 Å². The lowest BCUT2D eigenvalue weighted by Gasteiger charge is -2.26. The summed E-state index contributed by atoms with van der Waals surface area (Å²) in [4.78, 5) is 28.9. The number of likely N-dealkylation sites (N-methyl/N-ethyl adjacent to an activating group) is 2. The van der Waals surface area contributed by atoms with Crippen molar-refractivity contribution in [1.82, 2.24) is 19.9 Å². The zero-order valence-corrected chi connectivity index (χ0v) is 24.1. The van der Waals surface area contributed by atoms with E-state index in [0.717, 1.165) is 12.2 Å². The third-order valence-electron chi connectivity index (χ3n) is 5.83. The number of rotatable bonds is 12. The van der Waals surface area contributed by atoms with Gasteiger partial charge in [0, 0.05) is 31.8 Å². The van der Waals surface area contributed by atoms with Gasteiger partial charge in [0.1, 0.15) is 17.9 Å². The first-order valence-corrected chi connectivity index (χ1v) is 12.7. The average Bonchev–Trinajstić information content (AvgIpc) is 2.89. The number of aliphatic hydroxyl groups is 1. The van der Waals surface area contributed by atoms with Crippen LogP contribution in [0.15, 0.2) is 43.2 Å². The second-order valence-corrected chi connectivity index (χ2v) is 10.1. The maximum absolute atomic E-state index is 14.8. The average molecular weight is 573 g/mol. The van der Waals surface area contributed by atoms with Gasteiger partial charge in [0.15, 0.2) is 0 Å². The zero-order chi connectivity index (χ0) is 29.6. The molecule has 40 heavy (non-hydrogen) atoms. The van der Waals surface area contributed by atoms with E-state index in [9.17, 15) is 14.3 Å². The normalized spacial score (nSPS) is 11.2. The van der Waals surface area contributed by atoms with Crippen molar-refractivity contribution in [3.63, 3.8) is 0 Å². The largest absolute Gasteiger partial charge is 0.494 e. The van der Waals surface area contributed by atoms with Gasteiger partial charge in [-0.05, 0) is 52.2 Å². The number of benzene rings is 2. The molecule has 0 saturated heterocycles. The van der Waals surface area contributed by atoms with Gasteiger partial charge in [-0.3, -0.25) is 4.79 Å². The van der Waals surface area contributed by atoms with E-state index in [2.05, 4.69) is 42.4 Å². The number of aromatic nitrogens is 3. The van der Waals surface area contributed by atoms with Crippen LogP contribution in [0.25, 0.3) is 0 Å². The summed E-state index contributed by atoms with van der Waals surface area (Å²) in [5, 5.41) is 19.3. The van der Waals surface area contributed by atoms with Crippen LogP contribution < -0.4 is 25.6 Å². The first kappa shape index (κ1) is 30.5. The number of methoxy groups -OCH3 is 1. The monoisotopic (exact) mass is 572 g/mol. The molecule has 0 saturated carbocycles. The molecule has 214 valence electrons. The Morgan fingerprint density at radius 3 is 2.35 bits per heavy atom. The number of hydrogen-bond acceptors (Lipinski definition) is 10. The summed E-state index contributed by atoms with van der Waals surface area (Å²) in [6, 6.07) is 6.40. The van der Waals surface area contributed by atoms with Crippen LogP contribution in [0, 0.1) is 5.82 Å². The van der Waals surface area contributed by atoms with Crippen molar-refractivity contribution in [3.8, 4) is 5.75 Å². The molecule has 3 aromatic rings. The fourth-order valence-corrected chi connectivity index (χ4v) is 3.97. The Balaban J connectivity index is 1.97. The maximum atomic E-state index is 14.8. The standard InChI is InChI=1S/C27H34ClFN8O3/c1-8-22(38)32-18-13-19(21(40-7)14-20(18)37(6)12-11-36(4)5)34-26-31-15-30-25(35-26)33-17-10-9-16(28)24(29)23(17)27(2,3)39/h8-10,13-15,39H,1,11-12H2,2-7H3,(H,32,38)(H2,30,31,33,34,35). The predicted octanol–water partition coefficient (Wildman–Crippen LogP) is 4.51. The van der Waals surface area contributed by atoms with Gasteiger partial charge in [0.2, 0.25) is 17.8 Å². The van der Waals surface area contributed by atoms with Crippen LogP contribution in [0.1, 0.15) is 19.4 Å². The number of amides is 1. The van der Waals surface area contributed by atoms with E-state index in [-0.39, 0.29) is 34.1 Å². The predicted molar refractivity (Wildman–Crippen MR) is 157 cm³/mol. The summed E-state index contributed by atoms with van der Waals surface area (Å²) in [5.74, 6) is -0.417. The van der Waals surface area contributed by atoms with Crippen LogP contribution in [0.4, 0.5) is 39.0 Å². The molecular weight excluding hydrogens is 539 g/mol. The SMILES string of the molecule is C=CC(=O)Nc1cc(Nc2ncnc(Nc3ccc(Cl)c(F)c3C(C)(C)O)n2)c(OC)cc1N(C)CCN(C)C. The molecule has 0 aliphatic carbocycles. The molecule has 0 bridgehead atoms. The molecule has 0 atom stereocenters. The minimum atomic E-state index is -1.54. The number of carbonyl (C=O) groups is 1. The van der Waals surface area contributed by atoms with Crippen molar-refractivity contribution in [1.29, 1.82) is 0 Å². The Hall–Kier alpha value is -4.00. The van der Waals surface area contributed by atoms with Crippen LogP contribution in [0.3, 0.4) is 0 Å². The number of nitrogens with zero attached hydrogens (tertiary/aromatic N) is 5. The Labute approximate surface area is 238 Å². The molecule has 2 aromatic carbocycles. The number of carbonyl (C=O) groups excluding carboxylic acids is 1. The van der Waals surface area contributed by atoms with E-state index in [4.69, 9.17) is 16.3 Å². The molecule has 11 nitrogen and oxygen atoms in total. The highest BCUT2D eigenvalue weighted by Crippen LogP contribution is 2.38. The van der Waals surface area contributed by atoms with E-state index in [0.29, 0.717) is 23.7 Å². The third kappa shape index (κ3) is 7.56. The number of nitrogens with one attached hydrogen (secondary N) is 3. The van der Waals surface area contributed by atoms with Crippen molar-refractivity contribution in [2.24, 2.45) is 0 Å². The molecule has 13 heteroatoms. The lowest BCUT2D eigenvalue weighted by Crippen LogP contribution is -2.29. The molecule has 0 radical (unpaired) electrons. The highest BCUT2D eigenvalue weighted by Gasteiger charge is 2.27. The fourth-order valence-electron chi connectivity index (χ4n) is 3.82. The Morgan fingerprint density at radius 1 is 1.12 bits per heavy atom. The van der Waals surface area contributed by atoms with Crippen molar-refractivity contribution >= 4 is 52.2 Å². The van der Waals surface area contributed by atoms with Crippen LogP contribution in [0.5, 0.6) is 5.75 Å². The molecule has 4 N–H and O–H groups in total. The molecule has 0 aliphatic rings. The summed E-state index contributed by atoms with van der Waals surface area (Å²) in [5.41, 5.74) is 0.400. The molecule has 0 spiro atoms. The van der Waals surface area contributed by atoms with E-state index in [1.165, 1.54) is 45.5 Å². The molecule has 0 aliphatic heterocycles. The Kier molecular flexibility index (Phi) is 9.85. The van der Waals surface area contributed by atoms with Crippen LogP contribution >= 0.6 is 11.6 Å². The van der Waals surface area contributed by atoms with Gasteiger partial charge < -0.3 is 35.6 Å². The Morgan fingerprint density at radius 2 is 1.77 bits per heavy atom. The second-order valence-electron chi connectivity index (χ2n) is 9.71. The molecule has 0 fully saturated rings. The molecule has 0 unspecified atom stereocenters. The van der Waals surface area contributed by atoms with Gasteiger partial charge >= 0.3 is 0 Å². The van der Waals surface area contributed by atoms with Gasteiger partial charge in [-0.15, -0.1) is 0 Å². The lowest BCUT2D eigenvalue weighted by atomic mass is 9.95. The second kappa shape index (κ2) is 12.9. The van der Waals surface area contributed by atoms with E-state index in [1.54, 1.807) is 12.1 Å². The Bertz CT molecular complexity index is 1380. The van der Waals surface area contributed by atoms with Gasteiger partial charge in [0.05, 0.1) is 40.5 Å². The highest BCUT2D eigenvalue weighted by atomic mass is 35.5. The minimum Gasteiger partial charge on any atom is -0.494 e. The van der Waals surface area contributed by atoms with Crippen LogP contribution in [0.2, 0.25) is 5.02 Å². The van der Waals surface area contributed by atoms with Gasteiger partial charge in [-0.25, -0.2) is 14.4 Å². The van der Waals surface area contributed by atoms with Gasteiger partial charge in [-0.2, -0.15) is 4.98 Å². The van der Waals surface area contributed by atoms with Gasteiger partial charge in [-0.1, -0.05) is 18.2 Å². The summed E-state index contributed by atoms with van der Waals surface area (Å²) in [6.45, 7) is 7.92. The van der Waals surface area contributed by atoms with Crippen molar-refractivity contribution in [2.75, 3.05) is 62.2 Å². The summed E-state index contributed by atoms with van der Waals surface area (Å²) in [7, 11) is 7.41. The van der Waals surface area contributed by atoms with Crippen LogP contribution in [-0.2, 0) is 10.4 Å². The van der Waals surface area contributed by atoms with E-state index < -0.39 is 11.4 Å². The molecular formula is C27H34ClFN8O3. The van der Waals surface area contributed by atoms with Crippen LogP contribution in [-0.4, -0.2) is 72.2 Å². The van der Waals surface area contributed by atoms with Crippen molar-refractivity contribution < 1.29 is 19.0 Å². The molecule has 1 amide bonds. The van der Waals surface area contributed by atoms with Crippen molar-refractivity contribution in [3.05, 3.63) is 59.7 Å². The number of halogens is 2. The number of anilines is 6. The summed E-state index contributed by atoms with van der Waals surface area (Å²) in [6.07, 6.45) is 2.45. The first-order valence-electron chi connectivity index (χ1n) is 12.3. The highest BCUT2D eigenvalue weighted by molar-refractivity contribution is 6.30. The maximum Gasteiger partial charge on any atom is 0.247 e.